The zero-order valence-electron chi connectivity index (χ0n) is 19.5. The van der Waals surface area contributed by atoms with Gasteiger partial charge in [0.05, 0.1) is 12.7 Å². The number of benzene rings is 1. The molecule has 11 nitrogen and oxygen atoms in total. The van der Waals surface area contributed by atoms with Crippen LogP contribution < -0.4 is 15.2 Å². The summed E-state index contributed by atoms with van der Waals surface area (Å²) in [5.74, 6) is -0.625. The third kappa shape index (κ3) is 5.74. The minimum atomic E-state index is -4.08. The van der Waals surface area contributed by atoms with Crippen molar-refractivity contribution in [3.8, 4) is 5.75 Å². The van der Waals surface area contributed by atoms with Crippen LogP contribution in [0.2, 0.25) is 0 Å². The first-order chi connectivity index (χ1) is 16.5. The van der Waals surface area contributed by atoms with Crippen molar-refractivity contribution in [3.05, 3.63) is 57.7 Å². The van der Waals surface area contributed by atoms with Gasteiger partial charge < -0.3 is 19.1 Å². The molecule has 1 saturated heterocycles. The molecule has 2 fully saturated rings. The molecule has 0 radical (unpaired) electrons. The Morgan fingerprint density at radius 1 is 1.34 bits per heavy atom. The van der Waals surface area contributed by atoms with Gasteiger partial charge in [-0.15, -0.1) is 0 Å². The quantitative estimate of drug-likeness (QED) is 0.241. The molecule has 2 heterocycles. The Balaban J connectivity index is 1.49. The summed E-state index contributed by atoms with van der Waals surface area (Å²) < 4.78 is 37.9. The average Bonchev–Trinajstić information content (AvgIpc) is 3.44. The number of fused-ring (bicyclic) bond motifs is 1. The largest absolute Gasteiger partial charge is 0.462 e. The van der Waals surface area contributed by atoms with Gasteiger partial charge in [-0.1, -0.05) is 18.2 Å². The molecule has 0 bridgehead atoms. The van der Waals surface area contributed by atoms with E-state index in [-0.39, 0.29) is 34.7 Å². The van der Waals surface area contributed by atoms with E-state index >= 15 is 0 Å². The topological polar surface area (TPSA) is 141 Å². The van der Waals surface area contributed by atoms with Gasteiger partial charge in [-0.05, 0) is 51.5 Å². The number of carbonyl (C=O) groups excluding carboxylic acids is 1. The Bertz CT molecular complexity index is 1230. The van der Waals surface area contributed by atoms with E-state index in [0.717, 1.165) is 0 Å². The Morgan fingerprint density at radius 2 is 2.06 bits per heavy atom. The van der Waals surface area contributed by atoms with Crippen molar-refractivity contribution in [1.29, 1.82) is 0 Å². The highest BCUT2D eigenvalue weighted by atomic mass is 32.1. The lowest BCUT2D eigenvalue weighted by Gasteiger charge is -2.26. The number of aromatic amines is 1. The van der Waals surface area contributed by atoms with Gasteiger partial charge in [0, 0.05) is 18.2 Å². The molecule has 1 saturated carbocycles. The highest BCUT2D eigenvalue weighted by Gasteiger charge is 2.68. The van der Waals surface area contributed by atoms with E-state index in [9.17, 15) is 19.3 Å². The molecule has 3 N–H and O–H groups in total. The molecule has 1 aliphatic heterocycles. The van der Waals surface area contributed by atoms with Crippen LogP contribution in [0.3, 0.4) is 0 Å². The number of H-pyrrole nitrogens is 1. The smallest absolute Gasteiger partial charge is 0.459 e. The van der Waals surface area contributed by atoms with Gasteiger partial charge in [0.2, 0.25) is 0 Å². The molecule has 1 aliphatic carbocycles. The molecule has 2 aliphatic rings. The minimum absolute atomic E-state index is 0.108. The van der Waals surface area contributed by atoms with Gasteiger partial charge in [-0.25, -0.2) is 4.57 Å². The molecular weight excluding hydrogens is 497 g/mol. The molecular formula is C22H28N3O8PS. The highest BCUT2D eigenvalue weighted by Crippen LogP contribution is 2.61. The molecule has 6 unspecified atom stereocenters. The molecule has 1 aromatic heterocycles. The predicted octanol–water partition coefficient (Wildman–Crippen LogP) is 2.69. The first kappa shape index (κ1) is 25.7. The maximum atomic E-state index is 13.7. The van der Waals surface area contributed by atoms with E-state index in [2.05, 4.69) is 10.1 Å². The van der Waals surface area contributed by atoms with Crippen LogP contribution in [0.1, 0.15) is 33.4 Å². The molecule has 6 atom stereocenters. The molecule has 13 heteroatoms. The number of hydrogen-bond acceptors (Lipinski definition) is 9. The summed E-state index contributed by atoms with van der Waals surface area (Å²) in [6.45, 7) is 4.74. The van der Waals surface area contributed by atoms with E-state index < -0.39 is 37.7 Å². The number of hydrogen-bond donors (Lipinski definition) is 3. The second-order valence-corrected chi connectivity index (χ2v) is 11.0. The summed E-state index contributed by atoms with van der Waals surface area (Å²) in [4.78, 5) is 26.3. The molecule has 0 spiro atoms. The second kappa shape index (κ2) is 9.96. The number of aliphatic hydroxyl groups is 1. The summed E-state index contributed by atoms with van der Waals surface area (Å²) in [6.07, 6.45) is -0.195. The first-order valence-corrected chi connectivity index (χ1v) is 13.1. The van der Waals surface area contributed by atoms with Gasteiger partial charge in [0.25, 0.3) is 5.56 Å². The van der Waals surface area contributed by atoms with Crippen molar-refractivity contribution in [1.82, 2.24) is 14.6 Å². The summed E-state index contributed by atoms with van der Waals surface area (Å²) in [7, 11) is -4.08. The number of para-hydroxylation sites is 1. The van der Waals surface area contributed by atoms with Crippen molar-refractivity contribution >= 4 is 25.9 Å². The lowest BCUT2D eigenvalue weighted by atomic mass is 10.2. The predicted molar refractivity (Wildman–Crippen MR) is 127 cm³/mol. The Morgan fingerprint density at radius 3 is 2.71 bits per heavy atom. The number of carbonyl (C=O) groups is 1. The Labute approximate surface area is 207 Å². The Hall–Kier alpha value is -2.34. The third-order valence-electron chi connectivity index (χ3n) is 5.77. The highest BCUT2D eigenvalue weighted by molar-refractivity contribution is 7.71. The number of aliphatic hydroxyl groups excluding tert-OH is 1. The molecule has 0 amide bonds. The summed E-state index contributed by atoms with van der Waals surface area (Å²) in [5, 5.41) is 13.4. The Kier molecular flexibility index (Phi) is 7.33. The molecule has 2 aromatic rings. The lowest BCUT2D eigenvalue weighted by molar-refractivity contribution is -0.149. The van der Waals surface area contributed by atoms with Crippen molar-refractivity contribution < 1.29 is 33.0 Å². The number of rotatable bonds is 10. The standard InChI is InChI=1S/C22H28N3O8PS/c1-13(2)31-20(28)14(3)24-34(29,33-15-7-5-4-6-8-15)30-12-22-11-16(22)18(27)19(32-22)25-10-9-17(26)23-21(25)35/h4-10,13-14,16,18-19,27H,11-12H2,1-3H3,(H,24,29)(H,23,26,35). The number of ether oxygens (including phenoxy) is 2. The monoisotopic (exact) mass is 525 g/mol. The number of nitrogens with one attached hydrogen (secondary N) is 2. The lowest BCUT2D eigenvalue weighted by Crippen LogP contribution is -2.37. The van der Waals surface area contributed by atoms with E-state index in [0.29, 0.717) is 6.42 Å². The maximum Gasteiger partial charge on any atom is 0.459 e. The fraction of sp³-hybridized carbons (Fsp3) is 0.500. The SMILES string of the molecule is CC(C)OC(=O)C(C)NP(=O)(OCC12CC1C(O)C(n1ccc(=O)[nH]c1=S)O2)Oc1ccccc1. The average molecular weight is 526 g/mol. The van der Waals surface area contributed by atoms with Crippen LogP contribution in [0.15, 0.2) is 47.4 Å². The summed E-state index contributed by atoms with van der Waals surface area (Å²) >= 11 is 5.18. The number of aromatic nitrogens is 2. The molecule has 190 valence electrons. The van der Waals surface area contributed by atoms with E-state index in [1.165, 1.54) is 23.8 Å². The first-order valence-electron chi connectivity index (χ1n) is 11.2. The van der Waals surface area contributed by atoms with Gasteiger partial charge >= 0.3 is 13.7 Å². The number of nitrogens with zero attached hydrogens (tertiary/aromatic N) is 1. The van der Waals surface area contributed by atoms with Gasteiger partial charge in [-0.2, -0.15) is 5.09 Å². The van der Waals surface area contributed by atoms with Gasteiger partial charge in [0.1, 0.15) is 23.5 Å². The van der Waals surface area contributed by atoms with Crippen molar-refractivity contribution in [2.24, 2.45) is 5.92 Å². The van der Waals surface area contributed by atoms with Crippen LogP contribution in [0, 0.1) is 10.7 Å². The van der Waals surface area contributed by atoms with E-state index in [1.807, 2.05) is 0 Å². The molecule has 1 aromatic carbocycles. The van der Waals surface area contributed by atoms with Crippen molar-refractivity contribution in [2.75, 3.05) is 6.61 Å². The van der Waals surface area contributed by atoms with Crippen LogP contribution >= 0.6 is 20.0 Å². The van der Waals surface area contributed by atoms with Gasteiger partial charge in [0.15, 0.2) is 11.0 Å². The number of esters is 1. The summed E-state index contributed by atoms with van der Waals surface area (Å²) in [5.41, 5.74) is -1.29. The van der Waals surface area contributed by atoms with Crippen LogP contribution in [0.25, 0.3) is 0 Å². The normalized spacial score (nSPS) is 27.6. The van der Waals surface area contributed by atoms with Crippen LogP contribution in [-0.4, -0.2) is 51.1 Å². The summed E-state index contributed by atoms with van der Waals surface area (Å²) in [6, 6.07) is 8.71. The van der Waals surface area contributed by atoms with Crippen LogP contribution in [0.5, 0.6) is 5.75 Å². The fourth-order valence-corrected chi connectivity index (χ4v) is 5.78. The van der Waals surface area contributed by atoms with Crippen molar-refractivity contribution in [3.63, 3.8) is 0 Å². The minimum Gasteiger partial charge on any atom is -0.462 e. The van der Waals surface area contributed by atoms with E-state index in [4.69, 9.17) is 30.7 Å². The molecule has 35 heavy (non-hydrogen) atoms. The van der Waals surface area contributed by atoms with Crippen LogP contribution in [-0.2, 0) is 23.4 Å². The maximum absolute atomic E-state index is 13.7. The van der Waals surface area contributed by atoms with Gasteiger partial charge in [-0.3, -0.25) is 23.7 Å². The van der Waals surface area contributed by atoms with Crippen LogP contribution in [0.4, 0.5) is 0 Å². The fourth-order valence-electron chi connectivity index (χ4n) is 3.97. The third-order valence-corrected chi connectivity index (χ3v) is 7.71. The zero-order chi connectivity index (χ0) is 25.4. The molecule has 4 rings (SSSR count). The van der Waals surface area contributed by atoms with Crippen molar-refractivity contribution in [2.45, 2.75) is 57.3 Å². The zero-order valence-corrected chi connectivity index (χ0v) is 21.2. The second-order valence-electron chi connectivity index (χ2n) is 8.90. The van der Waals surface area contributed by atoms with E-state index in [1.54, 1.807) is 44.2 Å².